The van der Waals surface area contributed by atoms with E-state index in [0.29, 0.717) is 43.2 Å². The van der Waals surface area contributed by atoms with Crippen LogP contribution in [0.25, 0.3) is 0 Å². The van der Waals surface area contributed by atoms with Gasteiger partial charge in [-0.25, -0.2) is 9.18 Å². The van der Waals surface area contributed by atoms with Gasteiger partial charge in [0, 0.05) is 31.7 Å². The minimum absolute atomic E-state index is 0.101. The van der Waals surface area contributed by atoms with Crippen LogP contribution in [0.1, 0.15) is 10.4 Å². The van der Waals surface area contributed by atoms with Crippen molar-refractivity contribution in [2.45, 2.75) is 0 Å². The number of halogens is 2. The lowest BCUT2D eigenvalue weighted by atomic mass is 10.1. The third kappa shape index (κ3) is 4.49. The Morgan fingerprint density at radius 1 is 1.07 bits per heavy atom. The molecule has 0 bridgehead atoms. The Morgan fingerprint density at radius 3 is 2.44 bits per heavy atom. The molecule has 6 nitrogen and oxygen atoms in total. The summed E-state index contributed by atoms with van der Waals surface area (Å²) in [5.41, 5.74) is 0.892. The number of hydrogen-bond acceptors (Lipinski definition) is 3. The van der Waals surface area contributed by atoms with E-state index in [1.165, 1.54) is 12.1 Å². The summed E-state index contributed by atoms with van der Waals surface area (Å²) in [5.74, 6) is 0.0493. The van der Waals surface area contributed by atoms with E-state index in [4.69, 9.17) is 16.3 Å². The summed E-state index contributed by atoms with van der Waals surface area (Å²) in [6, 6.07) is 10.4. The van der Waals surface area contributed by atoms with E-state index in [1.807, 2.05) is 0 Å². The maximum Gasteiger partial charge on any atom is 0.322 e. The zero-order valence-electron chi connectivity index (χ0n) is 14.7. The molecule has 27 heavy (non-hydrogen) atoms. The summed E-state index contributed by atoms with van der Waals surface area (Å²) in [4.78, 5) is 28.3. The molecule has 8 heteroatoms. The molecule has 2 aromatic rings. The molecule has 0 saturated carbocycles. The summed E-state index contributed by atoms with van der Waals surface area (Å²) >= 11 is 5.93. The van der Waals surface area contributed by atoms with Gasteiger partial charge in [-0.15, -0.1) is 0 Å². The van der Waals surface area contributed by atoms with Crippen molar-refractivity contribution >= 4 is 29.2 Å². The number of piperazine rings is 1. The maximum atomic E-state index is 13.1. The number of carbonyl (C=O) groups is 2. The number of methoxy groups -OCH3 is 1. The van der Waals surface area contributed by atoms with Gasteiger partial charge in [-0.3, -0.25) is 4.79 Å². The Balaban J connectivity index is 1.57. The van der Waals surface area contributed by atoms with Gasteiger partial charge in [0.2, 0.25) is 0 Å². The van der Waals surface area contributed by atoms with Crippen molar-refractivity contribution in [2.75, 3.05) is 38.6 Å². The fraction of sp³-hybridized carbons (Fsp3) is 0.263. The van der Waals surface area contributed by atoms with Gasteiger partial charge in [0.05, 0.1) is 17.8 Å². The third-order valence-corrected chi connectivity index (χ3v) is 4.66. The van der Waals surface area contributed by atoms with Crippen LogP contribution in [0.3, 0.4) is 0 Å². The van der Waals surface area contributed by atoms with Crippen LogP contribution in [0.4, 0.5) is 14.9 Å². The van der Waals surface area contributed by atoms with Crippen LogP contribution in [-0.4, -0.2) is 55.0 Å². The van der Waals surface area contributed by atoms with Crippen LogP contribution < -0.4 is 10.1 Å². The van der Waals surface area contributed by atoms with Crippen molar-refractivity contribution in [1.82, 2.24) is 9.80 Å². The number of hydrogen-bond donors (Lipinski definition) is 1. The lowest BCUT2D eigenvalue weighted by molar-refractivity contribution is 0.0671. The number of rotatable bonds is 3. The zero-order valence-corrected chi connectivity index (χ0v) is 15.5. The van der Waals surface area contributed by atoms with Gasteiger partial charge in [-0.1, -0.05) is 17.7 Å². The van der Waals surface area contributed by atoms with Gasteiger partial charge in [-0.2, -0.15) is 0 Å². The fourth-order valence-corrected chi connectivity index (χ4v) is 3.05. The second-order valence-corrected chi connectivity index (χ2v) is 6.47. The molecule has 1 saturated heterocycles. The largest absolute Gasteiger partial charge is 0.497 e. The quantitative estimate of drug-likeness (QED) is 0.871. The average Bonchev–Trinajstić information content (AvgIpc) is 2.69. The Kier molecular flexibility index (Phi) is 5.81. The molecule has 0 aromatic heterocycles. The molecule has 2 aromatic carbocycles. The number of nitrogens with zero attached hydrogens (tertiary/aromatic N) is 2. The van der Waals surface area contributed by atoms with Crippen molar-refractivity contribution in [3.05, 3.63) is 58.9 Å². The van der Waals surface area contributed by atoms with E-state index in [-0.39, 0.29) is 17.0 Å². The van der Waals surface area contributed by atoms with Gasteiger partial charge >= 0.3 is 6.03 Å². The molecule has 1 fully saturated rings. The molecule has 1 heterocycles. The summed E-state index contributed by atoms with van der Waals surface area (Å²) in [6.07, 6.45) is 0. The normalized spacial score (nSPS) is 14.0. The number of carbonyl (C=O) groups excluding carboxylic acids is 2. The van der Waals surface area contributed by atoms with Gasteiger partial charge in [0.1, 0.15) is 11.6 Å². The molecule has 1 aliphatic heterocycles. The van der Waals surface area contributed by atoms with E-state index in [0.717, 1.165) is 6.07 Å². The summed E-state index contributed by atoms with van der Waals surface area (Å²) < 4.78 is 18.2. The number of benzene rings is 2. The summed E-state index contributed by atoms with van der Waals surface area (Å²) in [5, 5.41) is 2.80. The van der Waals surface area contributed by atoms with Crippen molar-refractivity contribution in [3.63, 3.8) is 0 Å². The molecule has 0 unspecified atom stereocenters. The highest BCUT2D eigenvalue weighted by Crippen LogP contribution is 2.23. The first-order valence-corrected chi connectivity index (χ1v) is 8.80. The van der Waals surface area contributed by atoms with Crippen LogP contribution >= 0.6 is 11.6 Å². The Hall–Kier alpha value is -2.80. The minimum atomic E-state index is -0.470. The number of ether oxygens (including phenoxy) is 1. The first kappa shape index (κ1) is 19.0. The van der Waals surface area contributed by atoms with E-state index in [9.17, 15) is 14.0 Å². The van der Waals surface area contributed by atoms with Gasteiger partial charge < -0.3 is 19.9 Å². The van der Waals surface area contributed by atoms with E-state index in [2.05, 4.69) is 5.32 Å². The second kappa shape index (κ2) is 8.26. The number of amides is 3. The molecular formula is C19H19ClFN3O3. The minimum Gasteiger partial charge on any atom is -0.497 e. The summed E-state index contributed by atoms with van der Waals surface area (Å²) in [6.45, 7) is 1.61. The zero-order chi connectivity index (χ0) is 19.4. The topological polar surface area (TPSA) is 61.9 Å². The predicted molar refractivity (Wildman–Crippen MR) is 101 cm³/mol. The Labute approximate surface area is 161 Å². The lowest BCUT2D eigenvalue weighted by Gasteiger charge is -2.34. The number of nitrogens with one attached hydrogen (secondary N) is 1. The van der Waals surface area contributed by atoms with Crippen molar-refractivity contribution in [1.29, 1.82) is 0 Å². The monoisotopic (exact) mass is 391 g/mol. The second-order valence-electron chi connectivity index (χ2n) is 6.07. The molecule has 3 rings (SSSR count). The van der Waals surface area contributed by atoms with Crippen LogP contribution in [0.5, 0.6) is 5.75 Å². The molecule has 1 N–H and O–H groups in total. The van der Waals surface area contributed by atoms with Gasteiger partial charge in [0.25, 0.3) is 5.91 Å². The highest BCUT2D eigenvalue weighted by Gasteiger charge is 2.25. The first-order chi connectivity index (χ1) is 13.0. The van der Waals surface area contributed by atoms with Gasteiger partial charge in [-0.05, 0) is 36.4 Å². The van der Waals surface area contributed by atoms with Crippen LogP contribution in [-0.2, 0) is 0 Å². The van der Waals surface area contributed by atoms with Gasteiger partial charge in [0.15, 0.2) is 0 Å². The molecular weight excluding hydrogens is 373 g/mol. The van der Waals surface area contributed by atoms with Crippen LogP contribution in [0, 0.1) is 5.82 Å². The molecule has 0 aliphatic carbocycles. The molecule has 142 valence electrons. The van der Waals surface area contributed by atoms with Crippen LogP contribution in [0.2, 0.25) is 5.02 Å². The van der Waals surface area contributed by atoms with Crippen LogP contribution in [0.15, 0.2) is 42.5 Å². The molecule has 0 atom stereocenters. The summed E-state index contributed by atoms with van der Waals surface area (Å²) in [7, 11) is 1.55. The molecule has 0 spiro atoms. The highest BCUT2D eigenvalue weighted by molar-refractivity contribution is 6.33. The standard InChI is InChI=1S/C19H19ClFN3O3/c1-27-15-4-2-3-13(11-15)18(25)23-7-9-24(10-8-23)19(26)22-17-6-5-14(21)12-16(17)20/h2-6,11-12H,7-10H2,1H3,(H,22,26). The number of urea groups is 1. The maximum absolute atomic E-state index is 13.1. The SMILES string of the molecule is COc1cccc(C(=O)N2CCN(C(=O)Nc3ccc(F)cc3Cl)CC2)c1. The van der Waals surface area contributed by atoms with Crippen molar-refractivity contribution < 1.29 is 18.7 Å². The third-order valence-electron chi connectivity index (χ3n) is 4.34. The number of anilines is 1. The van der Waals surface area contributed by atoms with Crippen molar-refractivity contribution in [2.24, 2.45) is 0 Å². The van der Waals surface area contributed by atoms with E-state index >= 15 is 0 Å². The highest BCUT2D eigenvalue weighted by atomic mass is 35.5. The molecule has 1 aliphatic rings. The van der Waals surface area contributed by atoms with E-state index < -0.39 is 5.82 Å². The first-order valence-electron chi connectivity index (χ1n) is 8.42. The van der Waals surface area contributed by atoms with Crippen molar-refractivity contribution in [3.8, 4) is 5.75 Å². The predicted octanol–water partition coefficient (Wildman–Crippen LogP) is 3.48. The lowest BCUT2D eigenvalue weighted by Crippen LogP contribution is -2.51. The molecule has 3 amide bonds. The molecule has 0 radical (unpaired) electrons. The smallest absolute Gasteiger partial charge is 0.322 e. The Bertz CT molecular complexity index is 854. The fourth-order valence-electron chi connectivity index (χ4n) is 2.84. The van der Waals surface area contributed by atoms with E-state index in [1.54, 1.807) is 41.2 Å². The Morgan fingerprint density at radius 2 is 1.78 bits per heavy atom. The average molecular weight is 392 g/mol.